The molecule has 1 atom stereocenters. The molecule has 1 fully saturated rings. The number of methoxy groups -OCH3 is 1. The van der Waals surface area contributed by atoms with Crippen molar-refractivity contribution in [3.63, 3.8) is 0 Å². The number of nitrogens with zero attached hydrogens (tertiary/aromatic N) is 4. The van der Waals surface area contributed by atoms with Gasteiger partial charge in [-0.3, -0.25) is 4.90 Å². The number of hydrogen-bond donors (Lipinski definition) is 0. The Kier molecular flexibility index (Phi) is 3.64. The van der Waals surface area contributed by atoms with Crippen LogP contribution in [0, 0.1) is 0 Å². The second kappa shape index (κ2) is 5.58. The number of pyridine rings is 1. The molecule has 0 bridgehead atoms. The van der Waals surface area contributed by atoms with E-state index >= 15 is 0 Å². The lowest BCUT2D eigenvalue weighted by Gasteiger charge is -2.17. The van der Waals surface area contributed by atoms with Crippen molar-refractivity contribution in [2.24, 2.45) is 0 Å². The predicted molar refractivity (Wildman–Crippen MR) is 73.2 cm³/mol. The van der Waals surface area contributed by atoms with E-state index in [1.165, 1.54) is 12.8 Å². The van der Waals surface area contributed by atoms with Crippen LogP contribution in [0.25, 0.3) is 11.4 Å². The maximum absolute atomic E-state index is 5.32. The molecule has 3 heterocycles. The summed E-state index contributed by atoms with van der Waals surface area (Å²) in [4.78, 5) is 10.9. The first-order chi connectivity index (χ1) is 9.76. The molecular formula is C14H18N4O2. The van der Waals surface area contributed by atoms with Gasteiger partial charge in [0.05, 0.1) is 13.7 Å². The van der Waals surface area contributed by atoms with E-state index in [0.29, 0.717) is 23.6 Å². The summed E-state index contributed by atoms with van der Waals surface area (Å²) < 4.78 is 10.4. The van der Waals surface area contributed by atoms with Crippen LogP contribution in [0.3, 0.4) is 0 Å². The van der Waals surface area contributed by atoms with E-state index in [2.05, 4.69) is 26.9 Å². The molecule has 20 heavy (non-hydrogen) atoms. The third-order valence-electron chi connectivity index (χ3n) is 3.70. The van der Waals surface area contributed by atoms with Gasteiger partial charge in [-0.15, -0.1) is 0 Å². The highest BCUT2D eigenvalue weighted by molar-refractivity contribution is 5.52. The van der Waals surface area contributed by atoms with Crippen LogP contribution in [0.4, 0.5) is 0 Å². The van der Waals surface area contributed by atoms with Crippen LogP contribution in [0.5, 0.6) is 5.88 Å². The highest BCUT2D eigenvalue weighted by Crippen LogP contribution is 2.21. The van der Waals surface area contributed by atoms with Gasteiger partial charge in [-0.1, -0.05) is 5.16 Å². The van der Waals surface area contributed by atoms with Crippen LogP contribution in [-0.4, -0.2) is 39.7 Å². The lowest BCUT2D eigenvalue weighted by molar-refractivity contribution is 0.221. The fraction of sp³-hybridized carbons (Fsp3) is 0.500. The summed E-state index contributed by atoms with van der Waals surface area (Å²) in [7, 11) is 1.59. The van der Waals surface area contributed by atoms with Crippen molar-refractivity contribution >= 4 is 0 Å². The van der Waals surface area contributed by atoms with Gasteiger partial charge in [-0.05, 0) is 32.4 Å². The first-order valence-corrected chi connectivity index (χ1v) is 6.83. The highest BCUT2D eigenvalue weighted by atomic mass is 16.5. The summed E-state index contributed by atoms with van der Waals surface area (Å²) in [6, 6.07) is 4.25. The molecule has 0 radical (unpaired) electrons. The van der Waals surface area contributed by atoms with Crippen molar-refractivity contribution in [3.05, 3.63) is 24.2 Å². The third kappa shape index (κ3) is 2.65. The molecule has 0 saturated carbocycles. The normalized spacial score (nSPS) is 19.4. The minimum atomic E-state index is 0.571. The average Bonchev–Trinajstić information content (AvgIpc) is 3.10. The molecule has 2 aromatic rings. The molecule has 0 unspecified atom stereocenters. The van der Waals surface area contributed by atoms with Gasteiger partial charge < -0.3 is 9.26 Å². The van der Waals surface area contributed by atoms with Crippen molar-refractivity contribution < 1.29 is 9.26 Å². The molecule has 0 amide bonds. The topological polar surface area (TPSA) is 64.3 Å². The molecule has 1 aliphatic rings. The van der Waals surface area contributed by atoms with E-state index in [-0.39, 0.29) is 0 Å². The molecule has 1 aliphatic heterocycles. The molecule has 0 aromatic carbocycles. The van der Waals surface area contributed by atoms with E-state index in [1.807, 2.05) is 6.07 Å². The fourth-order valence-corrected chi connectivity index (χ4v) is 2.47. The summed E-state index contributed by atoms with van der Waals surface area (Å²) in [6.45, 7) is 4.05. The Labute approximate surface area is 117 Å². The molecule has 1 saturated heterocycles. The zero-order valence-electron chi connectivity index (χ0n) is 11.7. The largest absolute Gasteiger partial charge is 0.481 e. The smallest absolute Gasteiger partial charge is 0.241 e. The van der Waals surface area contributed by atoms with Crippen molar-refractivity contribution in [3.8, 4) is 17.3 Å². The van der Waals surface area contributed by atoms with Gasteiger partial charge in [0.2, 0.25) is 17.6 Å². The minimum Gasteiger partial charge on any atom is -0.481 e. The maximum atomic E-state index is 5.32. The molecule has 3 rings (SSSR count). The van der Waals surface area contributed by atoms with Gasteiger partial charge in [-0.2, -0.15) is 4.98 Å². The molecule has 2 aromatic heterocycles. The average molecular weight is 274 g/mol. The van der Waals surface area contributed by atoms with Crippen molar-refractivity contribution in [2.75, 3.05) is 13.7 Å². The Morgan fingerprint density at radius 1 is 1.45 bits per heavy atom. The Morgan fingerprint density at radius 2 is 2.35 bits per heavy atom. The molecular weight excluding hydrogens is 256 g/mol. The second-order valence-electron chi connectivity index (χ2n) is 5.06. The van der Waals surface area contributed by atoms with E-state index in [9.17, 15) is 0 Å². The van der Waals surface area contributed by atoms with Gasteiger partial charge >= 0.3 is 0 Å². The van der Waals surface area contributed by atoms with Gasteiger partial charge in [0.25, 0.3) is 0 Å². The standard InChI is InChI=1S/C14H18N4O2/c1-10-4-3-7-18(10)9-13-16-14(17-20-13)11-5-6-12(19-2)15-8-11/h5-6,8,10H,3-4,7,9H2,1-2H3/t10-/m0/s1. The Balaban J connectivity index is 1.72. The Bertz CT molecular complexity index is 567. The van der Waals surface area contributed by atoms with Crippen LogP contribution >= 0.6 is 0 Å². The zero-order chi connectivity index (χ0) is 13.9. The zero-order valence-corrected chi connectivity index (χ0v) is 11.7. The Hall–Kier alpha value is -1.95. The number of likely N-dealkylation sites (tertiary alicyclic amines) is 1. The van der Waals surface area contributed by atoms with Gasteiger partial charge in [-0.25, -0.2) is 4.98 Å². The van der Waals surface area contributed by atoms with Crippen molar-refractivity contribution in [1.82, 2.24) is 20.0 Å². The van der Waals surface area contributed by atoms with Gasteiger partial charge in [0.15, 0.2) is 0 Å². The van der Waals surface area contributed by atoms with Crippen molar-refractivity contribution in [2.45, 2.75) is 32.4 Å². The lowest BCUT2D eigenvalue weighted by atomic mass is 10.2. The van der Waals surface area contributed by atoms with E-state index in [1.54, 1.807) is 19.4 Å². The number of ether oxygens (including phenoxy) is 1. The molecule has 0 aliphatic carbocycles. The molecule has 106 valence electrons. The van der Waals surface area contributed by atoms with E-state index in [0.717, 1.165) is 18.7 Å². The van der Waals surface area contributed by atoms with Crippen LogP contribution in [-0.2, 0) is 6.54 Å². The van der Waals surface area contributed by atoms with Gasteiger partial charge in [0, 0.05) is 23.9 Å². The molecule has 0 spiro atoms. The van der Waals surface area contributed by atoms with E-state index < -0.39 is 0 Å². The second-order valence-corrected chi connectivity index (χ2v) is 5.06. The summed E-state index contributed by atoms with van der Waals surface area (Å²) in [5.41, 5.74) is 0.829. The molecule has 0 N–H and O–H groups in total. The third-order valence-corrected chi connectivity index (χ3v) is 3.70. The first kappa shape index (κ1) is 13.1. The van der Waals surface area contributed by atoms with Gasteiger partial charge in [0.1, 0.15) is 0 Å². The predicted octanol–water partition coefficient (Wildman–Crippen LogP) is 2.12. The Morgan fingerprint density at radius 3 is 3.00 bits per heavy atom. The summed E-state index contributed by atoms with van der Waals surface area (Å²) in [5.74, 6) is 1.80. The van der Waals surface area contributed by atoms with Crippen LogP contribution in [0.2, 0.25) is 0 Å². The monoisotopic (exact) mass is 274 g/mol. The summed E-state index contributed by atoms with van der Waals surface area (Å²) >= 11 is 0. The molecule has 6 nitrogen and oxygen atoms in total. The van der Waals surface area contributed by atoms with Crippen LogP contribution < -0.4 is 4.74 Å². The maximum Gasteiger partial charge on any atom is 0.241 e. The fourth-order valence-electron chi connectivity index (χ4n) is 2.47. The lowest BCUT2D eigenvalue weighted by Crippen LogP contribution is -2.26. The van der Waals surface area contributed by atoms with Crippen molar-refractivity contribution in [1.29, 1.82) is 0 Å². The minimum absolute atomic E-state index is 0.571. The van der Waals surface area contributed by atoms with Crippen LogP contribution in [0.15, 0.2) is 22.9 Å². The quantitative estimate of drug-likeness (QED) is 0.851. The number of aromatic nitrogens is 3. The summed E-state index contributed by atoms with van der Waals surface area (Å²) in [5, 5.41) is 4.02. The first-order valence-electron chi connectivity index (χ1n) is 6.83. The van der Waals surface area contributed by atoms with E-state index in [4.69, 9.17) is 9.26 Å². The SMILES string of the molecule is COc1ccc(-c2noc(CN3CCC[C@@H]3C)n2)cn1. The van der Waals surface area contributed by atoms with Crippen LogP contribution in [0.1, 0.15) is 25.7 Å². The number of hydrogen-bond acceptors (Lipinski definition) is 6. The number of rotatable bonds is 4. The summed E-state index contributed by atoms with van der Waals surface area (Å²) in [6.07, 6.45) is 4.17. The highest BCUT2D eigenvalue weighted by Gasteiger charge is 2.22. The molecule has 6 heteroatoms.